The Morgan fingerprint density at radius 2 is 1.28 bits per heavy atom. The van der Waals surface area contributed by atoms with Gasteiger partial charge in [-0.15, -0.1) is 0 Å². The van der Waals surface area contributed by atoms with E-state index < -0.39 is 70.3 Å². The highest BCUT2D eigenvalue weighted by atomic mass is 19.4. The van der Waals surface area contributed by atoms with E-state index in [0.29, 0.717) is 5.57 Å². The molecule has 0 bridgehead atoms. The van der Waals surface area contributed by atoms with Crippen LogP contribution in [0.15, 0.2) is 84.0 Å². The van der Waals surface area contributed by atoms with Crippen molar-refractivity contribution in [3.63, 3.8) is 0 Å². The predicted molar refractivity (Wildman–Crippen MR) is 154 cm³/mol. The maximum absolute atomic E-state index is 14.4. The molecule has 5 atom stereocenters. The van der Waals surface area contributed by atoms with E-state index in [9.17, 15) is 41.0 Å². The molecule has 1 aliphatic rings. The average molecular weight is 659 g/mol. The van der Waals surface area contributed by atoms with Crippen LogP contribution >= 0.6 is 0 Å². The van der Waals surface area contributed by atoms with Crippen LogP contribution in [0.5, 0.6) is 0 Å². The molecular formula is C33H36F6O7. The maximum atomic E-state index is 14.4. The minimum Gasteiger partial charge on any atom is -0.457 e. The molecule has 46 heavy (non-hydrogen) atoms. The lowest BCUT2D eigenvalue weighted by atomic mass is 9.70. The Morgan fingerprint density at radius 1 is 0.848 bits per heavy atom. The van der Waals surface area contributed by atoms with Crippen molar-refractivity contribution in [1.82, 2.24) is 0 Å². The Hall–Kier alpha value is -3.68. The number of esters is 2. The molecule has 0 radical (unpaired) electrons. The number of halogens is 6. The van der Waals surface area contributed by atoms with Crippen LogP contribution in [0.3, 0.4) is 0 Å². The smallest absolute Gasteiger partial charge is 0.432 e. The summed E-state index contributed by atoms with van der Waals surface area (Å²) in [6.45, 7) is 6.16. The van der Waals surface area contributed by atoms with E-state index in [4.69, 9.17) is 18.9 Å². The van der Waals surface area contributed by atoms with Gasteiger partial charge in [0, 0.05) is 25.3 Å². The zero-order valence-corrected chi connectivity index (χ0v) is 26.0. The number of hydrogen-bond acceptors (Lipinski definition) is 7. The molecule has 0 spiro atoms. The number of aliphatic hydroxyl groups excluding tert-OH is 1. The zero-order valence-electron chi connectivity index (χ0n) is 26.0. The molecular weight excluding hydrogens is 622 g/mol. The molecule has 0 amide bonds. The van der Waals surface area contributed by atoms with E-state index in [2.05, 4.69) is 0 Å². The number of benzene rings is 2. The number of alkyl halides is 6. The third-order valence-corrected chi connectivity index (χ3v) is 8.09. The molecule has 0 unspecified atom stereocenters. The normalized spacial score (nSPS) is 22.1. The van der Waals surface area contributed by atoms with E-state index in [1.807, 2.05) is 0 Å². The van der Waals surface area contributed by atoms with Gasteiger partial charge in [-0.3, -0.25) is 0 Å². The Morgan fingerprint density at radius 3 is 1.70 bits per heavy atom. The lowest BCUT2D eigenvalue weighted by molar-refractivity contribution is -0.280. The lowest BCUT2D eigenvalue weighted by Gasteiger charge is -2.42. The molecule has 2 aromatic carbocycles. The van der Waals surface area contributed by atoms with Gasteiger partial charge in [0.25, 0.3) is 11.2 Å². The first-order valence-electron chi connectivity index (χ1n) is 14.1. The van der Waals surface area contributed by atoms with Gasteiger partial charge in [-0.1, -0.05) is 80.6 Å². The molecule has 252 valence electrons. The van der Waals surface area contributed by atoms with Crippen molar-refractivity contribution in [1.29, 1.82) is 0 Å². The summed E-state index contributed by atoms with van der Waals surface area (Å²) >= 11 is 0. The monoisotopic (exact) mass is 658 g/mol. The van der Waals surface area contributed by atoms with E-state index in [1.165, 1.54) is 62.4 Å². The first kappa shape index (κ1) is 36.8. The lowest BCUT2D eigenvalue weighted by Crippen LogP contribution is -2.54. The van der Waals surface area contributed by atoms with Gasteiger partial charge >= 0.3 is 24.3 Å². The fourth-order valence-electron chi connectivity index (χ4n) is 5.68. The third-order valence-electron chi connectivity index (χ3n) is 8.09. The van der Waals surface area contributed by atoms with Crippen LogP contribution in [-0.2, 0) is 39.7 Å². The van der Waals surface area contributed by atoms with Gasteiger partial charge in [0.2, 0.25) is 0 Å². The summed E-state index contributed by atoms with van der Waals surface area (Å²) < 4.78 is 106. The second-order valence-electron chi connectivity index (χ2n) is 11.5. The highest BCUT2D eigenvalue weighted by Gasteiger charge is 2.65. The molecule has 7 nitrogen and oxygen atoms in total. The van der Waals surface area contributed by atoms with Gasteiger partial charge in [-0.05, 0) is 42.9 Å². The van der Waals surface area contributed by atoms with Crippen LogP contribution in [-0.4, -0.2) is 61.9 Å². The number of rotatable bonds is 10. The number of hydrogen-bond donors (Lipinski definition) is 1. The second kappa shape index (κ2) is 13.6. The summed E-state index contributed by atoms with van der Waals surface area (Å²) in [5, 5.41) is 11.0. The summed E-state index contributed by atoms with van der Waals surface area (Å²) in [5.41, 5.74) is -8.08. The Bertz CT molecular complexity index is 1440. The van der Waals surface area contributed by atoms with Crippen molar-refractivity contribution in [3.8, 4) is 0 Å². The molecule has 1 aliphatic carbocycles. The van der Waals surface area contributed by atoms with Crippen LogP contribution in [0.2, 0.25) is 0 Å². The van der Waals surface area contributed by atoms with Crippen LogP contribution in [0.4, 0.5) is 26.3 Å². The van der Waals surface area contributed by atoms with Gasteiger partial charge in [0.1, 0.15) is 18.3 Å². The number of aliphatic hydroxyl groups is 1. The van der Waals surface area contributed by atoms with Crippen molar-refractivity contribution >= 4 is 11.9 Å². The quantitative estimate of drug-likeness (QED) is 0.225. The number of carbonyl (C=O) groups excluding carboxylic acids is 2. The topological polar surface area (TPSA) is 91.3 Å². The summed E-state index contributed by atoms with van der Waals surface area (Å²) in [6.07, 6.45) is -11.9. The van der Waals surface area contributed by atoms with Crippen LogP contribution in [0.25, 0.3) is 0 Å². The molecule has 0 fully saturated rings. The van der Waals surface area contributed by atoms with Crippen molar-refractivity contribution < 1.29 is 60.0 Å². The van der Waals surface area contributed by atoms with Crippen molar-refractivity contribution in [2.24, 2.45) is 5.41 Å². The number of methoxy groups -OCH3 is 2. The minimum atomic E-state index is -5.21. The maximum Gasteiger partial charge on any atom is 0.432 e. The summed E-state index contributed by atoms with van der Waals surface area (Å²) in [6, 6.07) is 12.5. The molecule has 0 heterocycles. The standard InChI is InChI=1S/C33H36F6O7/c1-20(45-27(41)30(43-5,32(34,35)36)22-13-9-7-10-14-22)17-18-24-21(2)26(40)25(19-29(24,3)4)46-28(42)31(44-6,33(37,38)39)23-15-11-8-12-16-23/h7-18,20,25-26,40H,19H2,1-6H3/b18-17+/t20-,25-,26+,30+,31+/m0/s1. The molecule has 0 aromatic heterocycles. The van der Waals surface area contributed by atoms with Gasteiger partial charge < -0.3 is 24.1 Å². The largest absolute Gasteiger partial charge is 0.457 e. The van der Waals surface area contributed by atoms with Crippen LogP contribution in [0, 0.1) is 5.41 Å². The van der Waals surface area contributed by atoms with Gasteiger partial charge in [-0.25, -0.2) is 9.59 Å². The number of carbonyl (C=O) groups is 2. The van der Waals surface area contributed by atoms with Gasteiger partial charge in [-0.2, -0.15) is 26.3 Å². The molecule has 0 saturated carbocycles. The SMILES string of the molecule is CO[C@@](C(=O)O[C@H]1CC(C)(C)C(/C=C/[C@H](C)OC(=O)[C@](OC)(c2ccccc2)C(F)(F)F)=C(C)[C@H]1O)(c1ccccc1)C(F)(F)F. The summed E-state index contributed by atoms with van der Waals surface area (Å²) in [5.74, 6) is -3.46. The van der Waals surface area contributed by atoms with E-state index in [1.54, 1.807) is 13.8 Å². The third kappa shape index (κ3) is 6.72. The Labute approximate surface area is 262 Å². The van der Waals surface area contributed by atoms with Gasteiger partial charge in [0.05, 0.1) is 0 Å². The first-order valence-corrected chi connectivity index (χ1v) is 14.1. The van der Waals surface area contributed by atoms with E-state index in [-0.39, 0.29) is 12.0 Å². The van der Waals surface area contributed by atoms with E-state index in [0.717, 1.165) is 38.5 Å². The van der Waals surface area contributed by atoms with Gasteiger partial charge in [0.15, 0.2) is 0 Å². The van der Waals surface area contributed by atoms with Crippen molar-refractivity contribution in [2.45, 2.75) is 76.0 Å². The number of ether oxygens (including phenoxy) is 4. The second-order valence-corrected chi connectivity index (χ2v) is 11.5. The molecule has 13 heteroatoms. The highest BCUT2D eigenvalue weighted by Crippen LogP contribution is 2.47. The Kier molecular flexibility index (Phi) is 10.9. The highest BCUT2D eigenvalue weighted by molar-refractivity contribution is 5.83. The van der Waals surface area contributed by atoms with Crippen molar-refractivity contribution in [2.75, 3.05) is 14.2 Å². The zero-order chi connectivity index (χ0) is 34.7. The van der Waals surface area contributed by atoms with Crippen LogP contribution < -0.4 is 0 Å². The molecule has 0 saturated heterocycles. The summed E-state index contributed by atoms with van der Waals surface area (Å²) in [4.78, 5) is 26.2. The molecule has 3 rings (SSSR count). The molecule has 1 N–H and O–H groups in total. The molecule has 0 aliphatic heterocycles. The van der Waals surface area contributed by atoms with Crippen LogP contribution in [0.1, 0.15) is 45.2 Å². The Balaban J connectivity index is 1.87. The fourth-order valence-corrected chi connectivity index (χ4v) is 5.68. The average Bonchev–Trinajstić information content (AvgIpc) is 2.96. The fraction of sp³-hybridized carbons (Fsp3) is 0.455. The van der Waals surface area contributed by atoms with E-state index >= 15 is 0 Å². The van der Waals surface area contributed by atoms with Crippen molar-refractivity contribution in [3.05, 3.63) is 95.1 Å². The minimum absolute atomic E-state index is 0.133. The number of allylic oxidation sites excluding steroid dienone is 2. The molecule has 2 aromatic rings. The first-order chi connectivity index (χ1) is 21.3. The predicted octanol–water partition coefficient (Wildman–Crippen LogP) is 6.70. The summed E-state index contributed by atoms with van der Waals surface area (Å²) in [7, 11) is 1.48.